The maximum Gasteiger partial charge on any atom is 0.261 e. The minimum absolute atomic E-state index is 0.0418. The zero-order chi connectivity index (χ0) is 16.5. The van der Waals surface area contributed by atoms with Gasteiger partial charge in [-0.25, -0.2) is 22.0 Å². The number of aryl methyl sites for hydroxylation is 2. The van der Waals surface area contributed by atoms with Gasteiger partial charge < -0.3 is 0 Å². The summed E-state index contributed by atoms with van der Waals surface area (Å²) in [6.45, 7) is 3.71. The first kappa shape index (κ1) is 16.5. The monoisotopic (exact) mass is 340 g/mol. The maximum absolute atomic E-state index is 12.3. The van der Waals surface area contributed by atoms with Gasteiger partial charge in [-0.15, -0.1) is 0 Å². The zero-order valence-electron chi connectivity index (χ0n) is 12.1. The molecule has 3 N–H and O–H groups in total. The Hall–Kier alpha value is -1.90. The van der Waals surface area contributed by atoms with Gasteiger partial charge in [0.15, 0.2) is 0 Å². The van der Waals surface area contributed by atoms with Crippen molar-refractivity contribution in [3.05, 3.63) is 53.6 Å². The molecule has 0 atom stereocenters. The van der Waals surface area contributed by atoms with Crippen LogP contribution in [-0.4, -0.2) is 16.8 Å². The fraction of sp³-hybridized carbons (Fsp3) is 0.143. The third kappa shape index (κ3) is 3.65. The normalized spacial score (nSPS) is 12.1. The molecule has 2 aromatic carbocycles. The molecule has 2 aromatic rings. The molecule has 0 aromatic heterocycles. The minimum atomic E-state index is -3.85. The summed E-state index contributed by atoms with van der Waals surface area (Å²) >= 11 is 0. The van der Waals surface area contributed by atoms with Gasteiger partial charge in [0, 0.05) is 0 Å². The fourth-order valence-corrected chi connectivity index (χ4v) is 3.59. The lowest BCUT2D eigenvalue weighted by Gasteiger charge is -2.11. The summed E-state index contributed by atoms with van der Waals surface area (Å²) in [5, 5.41) is 4.98. The molecule has 0 aliphatic carbocycles. The van der Waals surface area contributed by atoms with E-state index in [1.54, 1.807) is 19.1 Å². The molecule has 0 saturated carbocycles. The van der Waals surface area contributed by atoms with E-state index in [2.05, 4.69) is 4.72 Å². The van der Waals surface area contributed by atoms with E-state index in [0.717, 1.165) is 23.3 Å². The van der Waals surface area contributed by atoms with Crippen molar-refractivity contribution in [2.24, 2.45) is 5.14 Å². The first-order chi connectivity index (χ1) is 10.1. The van der Waals surface area contributed by atoms with Crippen molar-refractivity contribution in [3.63, 3.8) is 0 Å². The molecule has 0 bridgehead atoms. The third-order valence-electron chi connectivity index (χ3n) is 3.09. The molecule has 118 valence electrons. The van der Waals surface area contributed by atoms with Gasteiger partial charge in [0.05, 0.1) is 15.5 Å². The van der Waals surface area contributed by atoms with Gasteiger partial charge in [0.1, 0.15) is 0 Å². The Morgan fingerprint density at radius 2 is 1.41 bits per heavy atom. The molecule has 0 amide bonds. The van der Waals surface area contributed by atoms with Crippen LogP contribution < -0.4 is 9.86 Å². The Balaban J connectivity index is 2.34. The van der Waals surface area contributed by atoms with Crippen LogP contribution in [0.4, 0.5) is 5.69 Å². The van der Waals surface area contributed by atoms with Gasteiger partial charge in [-0.2, -0.15) is 0 Å². The summed E-state index contributed by atoms with van der Waals surface area (Å²) in [6, 6.07) is 10.1. The molecule has 0 spiro atoms. The van der Waals surface area contributed by atoms with E-state index >= 15 is 0 Å². The lowest BCUT2D eigenvalue weighted by atomic mass is 10.1. The van der Waals surface area contributed by atoms with Crippen molar-refractivity contribution in [2.75, 3.05) is 4.72 Å². The van der Waals surface area contributed by atoms with Crippen LogP contribution in [0.15, 0.2) is 52.3 Å². The molecular formula is C14H16N2O4S2. The molecule has 2 rings (SSSR count). The summed E-state index contributed by atoms with van der Waals surface area (Å²) in [4.78, 5) is -0.183. The highest BCUT2D eigenvalue weighted by Gasteiger charge is 2.16. The van der Waals surface area contributed by atoms with Crippen LogP contribution in [0.3, 0.4) is 0 Å². The molecule has 0 aliphatic heterocycles. The molecule has 0 saturated heterocycles. The number of hydrogen-bond donors (Lipinski definition) is 2. The van der Waals surface area contributed by atoms with Crippen LogP contribution in [-0.2, 0) is 20.0 Å². The highest BCUT2D eigenvalue weighted by Crippen LogP contribution is 2.21. The number of primary sulfonamides is 1. The van der Waals surface area contributed by atoms with E-state index < -0.39 is 20.0 Å². The van der Waals surface area contributed by atoms with Crippen molar-refractivity contribution >= 4 is 25.7 Å². The van der Waals surface area contributed by atoms with E-state index in [9.17, 15) is 16.8 Å². The molecule has 6 nitrogen and oxygen atoms in total. The lowest BCUT2D eigenvalue weighted by molar-refractivity contribution is 0.595. The van der Waals surface area contributed by atoms with Gasteiger partial charge >= 0.3 is 0 Å². The standard InChI is InChI=1S/C14H16N2O4S2/c1-10-3-8-14(11(2)9-10)16-22(19,20)13-6-4-12(5-7-13)21(15,17)18/h3-9,16H,1-2H3,(H2,15,17,18). The topological polar surface area (TPSA) is 106 Å². The first-order valence-electron chi connectivity index (χ1n) is 6.32. The summed E-state index contributed by atoms with van der Waals surface area (Å²) in [7, 11) is -7.65. The molecule has 0 unspecified atom stereocenters. The summed E-state index contributed by atoms with van der Waals surface area (Å²) in [5.74, 6) is 0. The summed E-state index contributed by atoms with van der Waals surface area (Å²) < 4.78 is 49.4. The predicted molar refractivity (Wildman–Crippen MR) is 84.5 cm³/mol. The number of rotatable bonds is 4. The molecule has 0 heterocycles. The van der Waals surface area contributed by atoms with Gasteiger partial charge in [-0.1, -0.05) is 17.7 Å². The van der Waals surface area contributed by atoms with Crippen molar-refractivity contribution < 1.29 is 16.8 Å². The van der Waals surface area contributed by atoms with Crippen molar-refractivity contribution in [1.29, 1.82) is 0 Å². The first-order valence-corrected chi connectivity index (χ1v) is 9.35. The Morgan fingerprint density at radius 3 is 1.91 bits per heavy atom. The van der Waals surface area contributed by atoms with Gasteiger partial charge in [0.25, 0.3) is 10.0 Å². The van der Waals surface area contributed by atoms with Crippen LogP contribution >= 0.6 is 0 Å². The van der Waals surface area contributed by atoms with Gasteiger partial charge in [0.2, 0.25) is 10.0 Å². The van der Waals surface area contributed by atoms with E-state index in [1.807, 2.05) is 13.0 Å². The number of benzene rings is 2. The third-order valence-corrected chi connectivity index (χ3v) is 5.40. The van der Waals surface area contributed by atoms with Crippen LogP contribution in [0.1, 0.15) is 11.1 Å². The van der Waals surface area contributed by atoms with Crippen LogP contribution in [0.2, 0.25) is 0 Å². The Kier molecular flexibility index (Phi) is 4.28. The molecule has 0 aliphatic rings. The second-order valence-electron chi connectivity index (χ2n) is 4.94. The lowest BCUT2D eigenvalue weighted by Crippen LogP contribution is -2.15. The number of nitrogens with one attached hydrogen (secondary N) is 1. The van der Waals surface area contributed by atoms with Crippen molar-refractivity contribution in [3.8, 4) is 0 Å². The summed E-state index contributed by atoms with van der Waals surface area (Å²) in [6.07, 6.45) is 0. The van der Waals surface area contributed by atoms with Crippen LogP contribution in [0.5, 0.6) is 0 Å². The largest absolute Gasteiger partial charge is 0.279 e. The maximum atomic E-state index is 12.3. The number of hydrogen-bond acceptors (Lipinski definition) is 4. The Labute approximate surface area is 130 Å². The van der Waals surface area contributed by atoms with E-state index in [1.165, 1.54) is 12.1 Å². The average molecular weight is 340 g/mol. The SMILES string of the molecule is Cc1ccc(NS(=O)(=O)c2ccc(S(N)(=O)=O)cc2)c(C)c1. The zero-order valence-corrected chi connectivity index (χ0v) is 13.7. The summed E-state index contributed by atoms with van der Waals surface area (Å²) in [5.41, 5.74) is 2.30. The second kappa shape index (κ2) is 5.71. The van der Waals surface area contributed by atoms with Gasteiger partial charge in [-0.05, 0) is 49.7 Å². The number of anilines is 1. The predicted octanol–water partition coefficient (Wildman–Crippen LogP) is 1.75. The molecule has 0 radical (unpaired) electrons. The highest BCUT2D eigenvalue weighted by molar-refractivity contribution is 7.92. The Bertz CT molecular complexity index is 902. The molecule has 0 fully saturated rings. The molecule has 8 heteroatoms. The average Bonchev–Trinajstić information content (AvgIpc) is 2.41. The van der Waals surface area contributed by atoms with Crippen molar-refractivity contribution in [2.45, 2.75) is 23.6 Å². The van der Waals surface area contributed by atoms with Crippen LogP contribution in [0.25, 0.3) is 0 Å². The van der Waals surface area contributed by atoms with Crippen molar-refractivity contribution in [1.82, 2.24) is 0 Å². The Morgan fingerprint density at radius 1 is 0.864 bits per heavy atom. The van der Waals surface area contributed by atoms with Crippen LogP contribution in [0, 0.1) is 13.8 Å². The molecular weight excluding hydrogens is 324 g/mol. The number of sulfonamides is 2. The highest BCUT2D eigenvalue weighted by atomic mass is 32.2. The minimum Gasteiger partial charge on any atom is -0.279 e. The molecule has 22 heavy (non-hydrogen) atoms. The van der Waals surface area contributed by atoms with E-state index in [4.69, 9.17) is 5.14 Å². The second-order valence-corrected chi connectivity index (χ2v) is 8.18. The fourth-order valence-electron chi connectivity index (χ4n) is 1.94. The van der Waals surface area contributed by atoms with Gasteiger partial charge in [-0.3, -0.25) is 4.72 Å². The smallest absolute Gasteiger partial charge is 0.261 e. The van der Waals surface area contributed by atoms with E-state index in [0.29, 0.717) is 5.69 Å². The number of nitrogens with two attached hydrogens (primary N) is 1. The quantitative estimate of drug-likeness (QED) is 0.884. The van der Waals surface area contributed by atoms with E-state index in [-0.39, 0.29) is 9.79 Å².